The maximum atomic E-state index is 8.63. The molecule has 0 aliphatic heterocycles. The molecule has 0 saturated heterocycles. The molecule has 0 spiro atoms. The molecule has 134 valence electrons. The van der Waals surface area contributed by atoms with Gasteiger partial charge in [-0.1, -0.05) is 63.3 Å². The first-order valence-electron chi connectivity index (χ1n) is 9.10. The third-order valence-electron chi connectivity index (χ3n) is 4.49. The zero-order valence-electron chi connectivity index (χ0n) is 15.1. The summed E-state index contributed by atoms with van der Waals surface area (Å²) in [5.41, 5.74) is 2.39. The Morgan fingerprint density at radius 1 is 0.731 bits per heavy atom. The van der Waals surface area contributed by atoms with E-state index in [1.165, 1.54) is 36.8 Å². The average Bonchev–Trinajstić information content (AvgIpc) is 2.67. The molecule has 0 atom stereocenters. The summed E-state index contributed by atoms with van der Waals surface area (Å²) in [7, 11) is 0. The Bertz CT molecular complexity index is 680. The van der Waals surface area contributed by atoms with Gasteiger partial charge in [0.05, 0.1) is 0 Å². The molecule has 0 N–H and O–H groups in total. The molecule has 26 heavy (non-hydrogen) atoms. The van der Waals surface area contributed by atoms with Crippen LogP contribution in [0.3, 0.4) is 0 Å². The molecule has 2 rings (SSSR count). The van der Waals surface area contributed by atoms with Gasteiger partial charge in [0.25, 0.3) is 12.5 Å². The van der Waals surface area contributed by atoms with Gasteiger partial charge >= 0.3 is 0 Å². The molecule has 0 aromatic heterocycles. The first-order valence-corrected chi connectivity index (χ1v) is 9.10. The molecule has 0 bridgehead atoms. The van der Waals surface area contributed by atoms with E-state index >= 15 is 0 Å². The van der Waals surface area contributed by atoms with E-state index in [-0.39, 0.29) is 5.92 Å². The highest BCUT2D eigenvalue weighted by atomic mass is 16.5. The number of nitriles is 2. The van der Waals surface area contributed by atoms with Crippen LogP contribution in [0.25, 0.3) is 0 Å². The third kappa shape index (κ3) is 5.83. The fourth-order valence-corrected chi connectivity index (χ4v) is 3.12. The maximum Gasteiger partial charge on any atom is 0.292 e. The van der Waals surface area contributed by atoms with Crippen LogP contribution in [0.1, 0.15) is 62.5 Å². The first-order chi connectivity index (χ1) is 12.8. The SMILES string of the molecule is CCCCCCCC(c1ccc(OC#N)cc1)c1ccc(OC#N)cc1. The molecule has 0 fully saturated rings. The summed E-state index contributed by atoms with van der Waals surface area (Å²) < 4.78 is 9.75. The lowest BCUT2D eigenvalue weighted by atomic mass is 9.86. The fraction of sp³-hybridized carbons (Fsp3) is 0.364. The smallest absolute Gasteiger partial charge is 0.292 e. The fourth-order valence-electron chi connectivity index (χ4n) is 3.12. The van der Waals surface area contributed by atoms with Crippen LogP contribution in [0, 0.1) is 23.0 Å². The van der Waals surface area contributed by atoms with Gasteiger partial charge in [0.15, 0.2) is 0 Å². The van der Waals surface area contributed by atoms with Crippen LogP contribution in [0.4, 0.5) is 0 Å². The van der Waals surface area contributed by atoms with Crippen LogP contribution >= 0.6 is 0 Å². The summed E-state index contributed by atoms with van der Waals surface area (Å²) >= 11 is 0. The van der Waals surface area contributed by atoms with Crippen molar-refractivity contribution in [1.29, 1.82) is 10.5 Å². The van der Waals surface area contributed by atoms with E-state index in [0.717, 1.165) is 12.8 Å². The zero-order valence-corrected chi connectivity index (χ0v) is 15.1. The molecule has 4 nitrogen and oxygen atoms in total. The Morgan fingerprint density at radius 2 is 1.19 bits per heavy atom. The second kappa shape index (κ2) is 10.8. The van der Waals surface area contributed by atoms with Crippen LogP contribution in [0.5, 0.6) is 11.5 Å². The van der Waals surface area contributed by atoms with Crippen molar-refractivity contribution in [2.45, 2.75) is 51.4 Å². The predicted octanol–water partition coefficient (Wildman–Crippen LogP) is 5.90. The lowest BCUT2D eigenvalue weighted by molar-refractivity contribution is 0.506. The maximum absolute atomic E-state index is 8.63. The van der Waals surface area contributed by atoms with Crippen molar-refractivity contribution in [3.05, 3.63) is 59.7 Å². The first kappa shape index (κ1) is 19.3. The van der Waals surface area contributed by atoms with Crippen LogP contribution in [0.2, 0.25) is 0 Å². The van der Waals surface area contributed by atoms with Gasteiger partial charge < -0.3 is 9.47 Å². The predicted molar refractivity (Wildman–Crippen MR) is 101 cm³/mol. The Kier molecular flexibility index (Phi) is 8.03. The number of ether oxygens (including phenoxy) is 2. The number of benzene rings is 2. The van der Waals surface area contributed by atoms with Gasteiger partial charge in [-0.05, 0) is 41.8 Å². The number of hydrogen-bond donors (Lipinski definition) is 0. The molecule has 0 amide bonds. The largest absolute Gasteiger partial charge is 0.388 e. The van der Waals surface area contributed by atoms with Gasteiger partial charge in [-0.2, -0.15) is 0 Å². The summed E-state index contributed by atoms with van der Waals surface area (Å²) in [5, 5.41) is 17.3. The number of hydrogen-bond acceptors (Lipinski definition) is 4. The molecule has 0 unspecified atom stereocenters. The normalized spacial score (nSPS) is 10.2. The summed E-state index contributed by atoms with van der Waals surface area (Å²) in [6, 6.07) is 15.4. The van der Waals surface area contributed by atoms with Crippen molar-refractivity contribution in [2.24, 2.45) is 0 Å². The van der Waals surface area contributed by atoms with Gasteiger partial charge in [-0.3, -0.25) is 0 Å². The van der Waals surface area contributed by atoms with E-state index in [0.29, 0.717) is 11.5 Å². The number of rotatable bonds is 10. The van der Waals surface area contributed by atoms with Gasteiger partial charge in [0.1, 0.15) is 11.5 Å². The summed E-state index contributed by atoms with van der Waals surface area (Å²) in [4.78, 5) is 0. The minimum Gasteiger partial charge on any atom is -0.388 e. The lowest BCUT2D eigenvalue weighted by Crippen LogP contribution is -2.02. The van der Waals surface area contributed by atoms with Crippen LogP contribution < -0.4 is 9.47 Å². The lowest BCUT2D eigenvalue weighted by Gasteiger charge is -2.18. The van der Waals surface area contributed by atoms with Crippen molar-refractivity contribution in [3.8, 4) is 24.0 Å². The second-order valence-corrected chi connectivity index (χ2v) is 6.28. The molecule has 2 aromatic carbocycles. The minimum absolute atomic E-state index is 0.267. The van der Waals surface area contributed by atoms with Crippen molar-refractivity contribution in [3.63, 3.8) is 0 Å². The van der Waals surface area contributed by atoms with E-state index in [9.17, 15) is 0 Å². The van der Waals surface area contributed by atoms with E-state index in [4.69, 9.17) is 20.0 Å². The Labute approximate surface area is 155 Å². The number of unbranched alkanes of at least 4 members (excludes halogenated alkanes) is 4. The zero-order chi connectivity index (χ0) is 18.6. The standard InChI is InChI=1S/C22H24N2O2/c1-2-3-4-5-6-7-22(18-8-12-20(13-9-18)25-16-23)19-10-14-21(15-11-19)26-17-24/h8-15,22H,2-7H2,1H3. The monoisotopic (exact) mass is 348 g/mol. The van der Waals surface area contributed by atoms with Gasteiger partial charge in [0, 0.05) is 5.92 Å². The molecule has 0 aliphatic carbocycles. The van der Waals surface area contributed by atoms with Crippen molar-refractivity contribution in [1.82, 2.24) is 0 Å². The van der Waals surface area contributed by atoms with E-state index in [1.54, 1.807) is 12.5 Å². The topological polar surface area (TPSA) is 66.0 Å². The van der Waals surface area contributed by atoms with Crippen LogP contribution in [0.15, 0.2) is 48.5 Å². The van der Waals surface area contributed by atoms with Gasteiger partial charge in [-0.15, -0.1) is 10.5 Å². The second-order valence-electron chi connectivity index (χ2n) is 6.28. The highest BCUT2D eigenvalue weighted by molar-refractivity contribution is 5.38. The molecule has 0 radical (unpaired) electrons. The quantitative estimate of drug-likeness (QED) is 0.396. The molecule has 0 saturated carbocycles. The molecule has 4 heteroatoms. The highest BCUT2D eigenvalue weighted by Gasteiger charge is 2.14. The van der Waals surface area contributed by atoms with Crippen molar-refractivity contribution in [2.75, 3.05) is 0 Å². The Morgan fingerprint density at radius 3 is 1.62 bits per heavy atom. The number of nitrogens with zero attached hydrogens (tertiary/aromatic N) is 2. The van der Waals surface area contributed by atoms with Crippen molar-refractivity contribution < 1.29 is 9.47 Å². The van der Waals surface area contributed by atoms with Gasteiger partial charge in [-0.25, -0.2) is 0 Å². The minimum atomic E-state index is 0.267. The average molecular weight is 348 g/mol. The summed E-state index contributed by atoms with van der Waals surface area (Å²) in [6.07, 6.45) is 10.6. The molecular formula is C22H24N2O2. The molecular weight excluding hydrogens is 324 g/mol. The molecule has 2 aromatic rings. The van der Waals surface area contributed by atoms with Crippen LogP contribution in [-0.2, 0) is 0 Å². The molecule has 0 heterocycles. The Hall–Kier alpha value is -2.98. The van der Waals surface area contributed by atoms with E-state index < -0.39 is 0 Å². The van der Waals surface area contributed by atoms with Crippen molar-refractivity contribution >= 4 is 0 Å². The van der Waals surface area contributed by atoms with Crippen LogP contribution in [-0.4, -0.2) is 0 Å². The summed E-state index contributed by atoms with van der Waals surface area (Å²) in [5.74, 6) is 1.37. The van der Waals surface area contributed by atoms with E-state index in [2.05, 4.69) is 6.92 Å². The van der Waals surface area contributed by atoms with E-state index in [1.807, 2.05) is 48.5 Å². The third-order valence-corrected chi connectivity index (χ3v) is 4.49. The van der Waals surface area contributed by atoms with Gasteiger partial charge in [0.2, 0.25) is 0 Å². The summed E-state index contributed by atoms with van der Waals surface area (Å²) in [6.45, 7) is 2.22. The Balaban J connectivity index is 2.15. The highest BCUT2D eigenvalue weighted by Crippen LogP contribution is 2.32. The molecule has 0 aliphatic rings.